The summed E-state index contributed by atoms with van der Waals surface area (Å²) in [6.07, 6.45) is 0.833. The first-order valence-electron chi connectivity index (χ1n) is 7.55. The summed E-state index contributed by atoms with van der Waals surface area (Å²) >= 11 is 11.9. The SMILES string of the molecule is Cc1ccc(NC(=O)CCCNC(=O)c2ccc(Cl)cc2)c(Cl)c1. The van der Waals surface area contributed by atoms with Gasteiger partial charge in [-0.1, -0.05) is 29.3 Å². The van der Waals surface area contributed by atoms with Crippen molar-refractivity contribution in [1.29, 1.82) is 0 Å². The fourth-order valence-electron chi connectivity index (χ4n) is 2.09. The Hall–Kier alpha value is -2.04. The van der Waals surface area contributed by atoms with Crippen molar-refractivity contribution in [2.75, 3.05) is 11.9 Å². The van der Waals surface area contributed by atoms with Crippen LogP contribution < -0.4 is 10.6 Å². The van der Waals surface area contributed by atoms with Crippen LogP contribution in [0.15, 0.2) is 42.5 Å². The third-order valence-electron chi connectivity index (χ3n) is 3.37. The summed E-state index contributed by atoms with van der Waals surface area (Å²) in [4.78, 5) is 23.8. The first kappa shape index (κ1) is 18.3. The standard InChI is InChI=1S/C18H18Cl2N2O2/c1-12-4-9-16(15(20)11-12)22-17(23)3-2-10-21-18(24)13-5-7-14(19)8-6-13/h4-9,11H,2-3,10H2,1H3,(H,21,24)(H,22,23). The van der Waals surface area contributed by atoms with Gasteiger partial charge in [0.15, 0.2) is 0 Å². The number of benzene rings is 2. The van der Waals surface area contributed by atoms with Crippen molar-refractivity contribution in [3.63, 3.8) is 0 Å². The Bertz CT molecular complexity index is 730. The Balaban J connectivity index is 1.72. The van der Waals surface area contributed by atoms with E-state index in [2.05, 4.69) is 10.6 Å². The smallest absolute Gasteiger partial charge is 0.251 e. The van der Waals surface area contributed by atoms with Crippen LogP contribution in [-0.4, -0.2) is 18.4 Å². The van der Waals surface area contributed by atoms with Gasteiger partial charge in [0.25, 0.3) is 5.91 Å². The van der Waals surface area contributed by atoms with E-state index < -0.39 is 0 Å². The maximum atomic E-state index is 11.9. The van der Waals surface area contributed by atoms with E-state index in [0.717, 1.165) is 5.56 Å². The second-order valence-electron chi connectivity index (χ2n) is 5.40. The molecule has 2 N–H and O–H groups in total. The van der Waals surface area contributed by atoms with Crippen LogP contribution in [0.3, 0.4) is 0 Å². The first-order valence-corrected chi connectivity index (χ1v) is 8.31. The minimum absolute atomic E-state index is 0.138. The predicted octanol–water partition coefficient (Wildman–Crippen LogP) is 4.45. The van der Waals surface area contributed by atoms with Crippen molar-refractivity contribution in [2.45, 2.75) is 19.8 Å². The zero-order valence-electron chi connectivity index (χ0n) is 13.2. The number of halogens is 2. The van der Waals surface area contributed by atoms with E-state index in [1.54, 1.807) is 36.4 Å². The fourth-order valence-corrected chi connectivity index (χ4v) is 2.50. The second-order valence-corrected chi connectivity index (χ2v) is 6.24. The molecule has 2 aromatic rings. The van der Waals surface area contributed by atoms with Gasteiger partial charge >= 0.3 is 0 Å². The number of anilines is 1. The lowest BCUT2D eigenvalue weighted by atomic mass is 10.2. The molecule has 24 heavy (non-hydrogen) atoms. The highest BCUT2D eigenvalue weighted by Gasteiger charge is 2.07. The monoisotopic (exact) mass is 364 g/mol. The van der Waals surface area contributed by atoms with E-state index >= 15 is 0 Å². The molecule has 0 saturated heterocycles. The zero-order valence-corrected chi connectivity index (χ0v) is 14.7. The number of aryl methyl sites for hydroxylation is 1. The van der Waals surface area contributed by atoms with Gasteiger partial charge in [-0.05, 0) is 55.3 Å². The van der Waals surface area contributed by atoms with E-state index in [0.29, 0.717) is 40.7 Å². The number of hydrogen-bond donors (Lipinski definition) is 2. The largest absolute Gasteiger partial charge is 0.352 e. The average Bonchev–Trinajstić information content (AvgIpc) is 2.55. The summed E-state index contributed by atoms with van der Waals surface area (Å²) in [6, 6.07) is 12.1. The maximum Gasteiger partial charge on any atom is 0.251 e. The zero-order chi connectivity index (χ0) is 17.5. The van der Waals surface area contributed by atoms with Gasteiger partial charge in [0.2, 0.25) is 5.91 Å². The highest BCUT2D eigenvalue weighted by atomic mass is 35.5. The Morgan fingerprint density at radius 1 is 1.04 bits per heavy atom. The minimum Gasteiger partial charge on any atom is -0.352 e. The topological polar surface area (TPSA) is 58.2 Å². The number of carbonyl (C=O) groups excluding carboxylic acids is 2. The van der Waals surface area contributed by atoms with Gasteiger partial charge in [0.05, 0.1) is 10.7 Å². The number of amides is 2. The molecule has 126 valence electrons. The molecule has 0 atom stereocenters. The summed E-state index contributed by atoms with van der Waals surface area (Å²) in [5.74, 6) is -0.324. The van der Waals surface area contributed by atoms with E-state index in [1.165, 1.54) is 0 Å². The quantitative estimate of drug-likeness (QED) is 0.743. The Morgan fingerprint density at radius 2 is 1.75 bits per heavy atom. The molecule has 2 amide bonds. The molecule has 0 aliphatic carbocycles. The van der Waals surface area contributed by atoms with Gasteiger partial charge in [-0.25, -0.2) is 0 Å². The Kier molecular flexibility index (Phi) is 6.64. The van der Waals surface area contributed by atoms with Gasteiger partial charge in [-0.2, -0.15) is 0 Å². The van der Waals surface area contributed by atoms with Crippen molar-refractivity contribution >= 4 is 40.7 Å². The molecule has 0 aliphatic rings. The minimum atomic E-state index is -0.186. The van der Waals surface area contributed by atoms with Crippen molar-refractivity contribution in [2.24, 2.45) is 0 Å². The molecule has 0 fully saturated rings. The van der Waals surface area contributed by atoms with Crippen LogP contribution in [0.1, 0.15) is 28.8 Å². The molecule has 0 saturated carbocycles. The van der Waals surface area contributed by atoms with E-state index in [4.69, 9.17) is 23.2 Å². The lowest BCUT2D eigenvalue weighted by Gasteiger charge is -2.08. The van der Waals surface area contributed by atoms with Crippen molar-refractivity contribution < 1.29 is 9.59 Å². The van der Waals surface area contributed by atoms with Crippen molar-refractivity contribution in [3.05, 3.63) is 63.6 Å². The second kappa shape index (κ2) is 8.71. The van der Waals surface area contributed by atoms with Crippen molar-refractivity contribution in [1.82, 2.24) is 5.32 Å². The first-order chi connectivity index (χ1) is 11.5. The van der Waals surface area contributed by atoms with Gasteiger partial charge in [0.1, 0.15) is 0 Å². The third kappa shape index (κ3) is 5.55. The highest BCUT2D eigenvalue weighted by Crippen LogP contribution is 2.22. The fraction of sp³-hybridized carbons (Fsp3) is 0.222. The van der Waals surface area contributed by atoms with E-state index in [-0.39, 0.29) is 11.8 Å². The number of nitrogens with one attached hydrogen (secondary N) is 2. The van der Waals surface area contributed by atoms with Gasteiger partial charge in [-0.3, -0.25) is 9.59 Å². The Labute approximate surface area is 151 Å². The molecular formula is C18H18Cl2N2O2. The van der Waals surface area contributed by atoms with Crippen LogP contribution in [0.2, 0.25) is 10.0 Å². The van der Waals surface area contributed by atoms with Crippen LogP contribution in [0.5, 0.6) is 0 Å². The van der Waals surface area contributed by atoms with Crippen molar-refractivity contribution in [3.8, 4) is 0 Å². The van der Waals surface area contributed by atoms with Gasteiger partial charge < -0.3 is 10.6 Å². The lowest BCUT2D eigenvalue weighted by Crippen LogP contribution is -2.25. The molecule has 0 heterocycles. The maximum absolute atomic E-state index is 11.9. The number of hydrogen-bond acceptors (Lipinski definition) is 2. The normalized spacial score (nSPS) is 10.3. The molecule has 0 bridgehead atoms. The van der Waals surface area contributed by atoms with E-state index in [1.807, 2.05) is 13.0 Å². The summed E-state index contributed by atoms with van der Waals surface area (Å²) in [5, 5.41) is 6.63. The van der Waals surface area contributed by atoms with Crippen LogP contribution in [0, 0.1) is 6.92 Å². The summed E-state index contributed by atoms with van der Waals surface area (Å²) in [7, 11) is 0. The Morgan fingerprint density at radius 3 is 2.42 bits per heavy atom. The van der Waals surface area contributed by atoms with Crippen LogP contribution >= 0.6 is 23.2 Å². The van der Waals surface area contributed by atoms with Crippen LogP contribution in [-0.2, 0) is 4.79 Å². The van der Waals surface area contributed by atoms with Crippen LogP contribution in [0.25, 0.3) is 0 Å². The number of carbonyl (C=O) groups is 2. The molecule has 0 aliphatic heterocycles. The van der Waals surface area contributed by atoms with Gasteiger partial charge in [-0.15, -0.1) is 0 Å². The highest BCUT2D eigenvalue weighted by molar-refractivity contribution is 6.33. The lowest BCUT2D eigenvalue weighted by molar-refractivity contribution is -0.116. The van der Waals surface area contributed by atoms with Gasteiger partial charge in [0, 0.05) is 23.6 Å². The molecule has 4 nitrogen and oxygen atoms in total. The summed E-state index contributed by atoms with van der Waals surface area (Å²) in [6.45, 7) is 2.34. The molecule has 6 heteroatoms. The average molecular weight is 365 g/mol. The summed E-state index contributed by atoms with van der Waals surface area (Å²) < 4.78 is 0. The molecule has 0 radical (unpaired) electrons. The van der Waals surface area contributed by atoms with E-state index in [9.17, 15) is 9.59 Å². The molecule has 0 aromatic heterocycles. The third-order valence-corrected chi connectivity index (χ3v) is 3.94. The molecule has 0 unspecified atom stereocenters. The molecule has 2 aromatic carbocycles. The molecule has 0 spiro atoms. The van der Waals surface area contributed by atoms with Crippen LogP contribution in [0.4, 0.5) is 5.69 Å². The number of rotatable bonds is 6. The summed E-state index contributed by atoms with van der Waals surface area (Å²) in [5.41, 5.74) is 2.16. The predicted molar refractivity (Wildman–Crippen MR) is 97.8 cm³/mol. The molecular weight excluding hydrogens is 347 g/mol. The molecule has 2 rings (SSSR count).